The molecule has 0 saturated heterocycles. The molecular weight excluding hydrogens is 520 g/mol. The normalized spacial score (nSPS) is 13.8. The molecule has 196 valence electrons. The highest BCUT2D eigenvalue weighted by atomic mass is 32.1. The molecule has 0 atom stereocenters. The van der Waals surface area contributed by atoms with Crippen LogP contribution in [0.15, 0.2) is 59.5 Å². The summed E-state index contributed by atoms with van der Waals surface area (Å²) in [7, 11) is 1.79. The monoisotopic (exact) mass is 542 g/mol. The van der Waals surface area contributed by atoms with Crippen LogP contribution in [0.25, 0.3) is 37.9 Å². The number of nitrogens with zero attached hydrogens (tertiary/aromatic N) is 3. The predicted octanol–water partition coefficient (Wildman–Crippen LogP) is 6.76. The summed E-state index contributed by atoms with van der Waals surface area (Å²) >= 11 is 1.48. The third-order valence-corrected chi connectivity index (χ3v) is 7.81. The van der Waals surface area contributed by atoms with Crippen LogP contribution in [0.2, 0.25) is 0 Å². The second kappa shape index (κ2) is 9.46. The first-order chi connectivity index (χ1) is 18.3. The van der Waals surface area contributed by atoms with Gasteiger partial charge in [-0.05, 0) is 66.8 Å². The minimum atomic E-state index is -2.97. The molecule has 3 aromatic heterocycles. The molecule has 6 nitrogen and oxygen atoms in total. The minimum absolute atomic E-state index is 0.0329. The van der Waals surface area contributed by atoms with Crippen LogP contribution in [0.3, 0.4) is 0 Å². The van der Waals surface area contributed by atoms with Crippen LogP contribution in [0.5, 0.6) is 5.75 Å². The van der Waals surface area contributed by atoms with E-state index in [0.29, 0.717) is 33.1 Å². The molecule has 0 aliphatic heterocycles. The molecule has 1 fully saturated rings. The van der Waals surface area contributed by atoms with E-state index in [1.54, 1.807) is 23.9 Å². The summed E-state index contributed by atoms with van der Waals surface area (Å²) in [6, 6.07) is 13.1. The summed E-state index contributed by atoms with van der Waals surface area (Å²) in [4.78, 5) is 15.3. The molecule has 6 rings (SSSR count). The van der Waals surface area contributed by atoms with Crippen LogP contribution < -0.4 is 15.6 Å². The highest BCUT2D eigenvalue weighted by Gasteiger charge is 2.29. The first kappa shape index (κ1) is 24.5. The maximum absolute atomic E-state index is 14.2. The molecule has 1 aliphatic carbocycles. The number of aryl methyl sites for hydroxylation is 1. The average Bonchev–Trinajstić information content (AvgIpc) is 3.52. The molecule has 3 heterocycles. The van der Waals surface area contributed by atoms with Gasteiger partial charge in [-0.25, -0.2) is 8.78 Å². The van der Waals surface area contributed by atoms with E-state index >= 15 is 0 Å². The lowest BCUT2D eigenvalue weighted by Gasteiger charge is -2.17. The summed E-state index contributed by atoms with van der Waals surface area (Å²) in [5, 5.41) is 8.03. The molecular formula is C27H22F4N4O2S. The first-order valence-electron chi connectivity index (χ1n) is 12.0. The minimum Gasteiger partial charge on any atom is -0.435 e. The fraction of sp³-hybridized carbons (Fsp3) is 0.259. The molecule has 0 radical (unpaired) electrons. The van der Waals surface area contributed by atoms with E-state index in [-0.39, 0.29) is 11.3 Å². The van der Waals surface area contributed by atoms with Gasteiger partial charge in [-0.15, -0.1) is 11.3 Å². The van der Waals surface area contributed by atoms with Gasteiger partial charge in [0.2, 0.25) is 0 Å². The summed E-state index contributed by atoms with van der Waals surface area (Å²) in [6.45, 7) is -3.58. The Morgan fingerprint density at radius 3 is 2.55 bits per heavy atom. The van der Waals surface area contributed by atoms with Crippen molar-refractivity contribution < 1.29 is 22.3 Å². The molecule has 11 heteroatoms. The quantitative estimate of drug-likeness (QED) is 0.220. The first-order valence-corrected chi connectivity index (χ1v) is 12.8. The maximum Gasteiger partial charge on any atom is 0.387 e. The number of pyridine rings is 1. The predicted molar refractivity (Wildman–Crippen MR) is 140 cm³/mol. The van der Waals surface area contributed by atoms with Crippen LogP contribution >= 0.6 is 11.3 Å². The number of nitrogens with one attached hydrogen (secondary N) is 1. The van der Waals surface area contributed by atoms with Gasteiger partial charge in [0.15, 0.2) is 0 Å². The van der Waals surface area contributed by atoms with Gasteiger partial charge in [0.05, 0.1) is 33.5 Å². The van der Waals surface area contributed by atoms with Crippen LogP contribution in [-0.2, 0) is 7.05 Å². The standard InChI is InChI=1S/C27H22F4N4O2S/c1-34-13-16-10-15(4-9-19(16)33-34)23-24(32-12-22(28)29)25-20(11-21(38-25)14-2-3-14)35(26(23)36)17-5-7-18(8-6-17)37-27(30)31/h4-11,13-14,22,27,32H,2-3,12H2,1H3. The summed E-state index contributed by atoms with van der Waals surface area (Å²) in [6.07, 6.45) is 1.26. The number of halogens is 4. The van der Waals surface area contributed by atoms with E-state index in [1.807, 2.05) is 18.3 Å². The van der Waals surface area contributed by atoms with Crippen LogP contribution in [0.1, 0.15) is 23.6 Å². The van der Waals surface area contributed by atoms with Crippen LogP contribution in [0.4, 0.5) is 23.2 Å². The molecule has 1 N–H and O–H groups in total. The van der Waals surface area contributed by atoms with E-state index in [2.05, 4.69) is 15.2 Å². The van der Waals surface area contributed by atoms with Crippen molar-refractivity contribution in [1.29, 1.82) is 0 Å². The van der Waals surface area contributed by atoms with Gasteiger partial charge >= 0.3 is 6.61 Å². The van der Waals surface area contributed by atoms with Gasteiger partial charge in [0.1, 0.15) is 5.75 Å². The summed E-state index contributed by atoms with van der Waals surface area (Å²) in [5.74, 6) is 0.338. The topological polar surface area (TPSA) is 61.1 Å². The fourth-order valence-electron chi connectivity index (χ4n) is 4.71. The Hall–Kier alpha value is -3.86. The van der Waals surface area contributed by atoms with E-state index in [4.69, 9.17) is 0 Å². The number of anilines is 1. The Labute approximate surface area is 218 Å². The number of ether oxygens (including phenoxy) is 1. The fourth-order valence-corrected chi connectivity index (χ4v) is 6.05. The van der Waals surface area contributed by atoms with Crippen LogP contribution in [0, 0.1) is 0 Å². The van der Waals surface area contributed by atoms with Crippen molar-refractivity contribution in [3.8, 4) is 22.6 Å². The lowest BCUT2D eigenvalue weighted by Crippen LogP contribution is -2.23. The van der Waals surface area contributed by atoms with Gasteiger partial charge in [-0.3, -0.25) is 14.0 Å². The Kier molecular flexibility index (Phi) is 6.10. The van der Waals surface area contributed by atoms with E-state index in [0.717, 1.165) is 28.6 Å². The van der Waals surface area contributed by atoms with Crippen molar-refractivity contribution in [1.82, 2.24) is 14.3 Å². The Balaban J connectivity index is 1.62. The van der Waals surface area contributed by atoms with Gasteiger partial charge in [0, 0.05) is 29.2 Å². The maximum atomic E-state index is 14.2. The smallest absolute Gasteiger partial charge is 0.387 e. The third kappa shape index (κ3) is 4.51. The van der Waals surface area contributed by atoms with Crippen molar-refractivity contribution >= 4 is 38.1 Å². The van der Waals surface area contributed by atoms with E-state index in [9.17, 15) is 22.4 Å². The van der Waals surface area contributed by atoms with Crippen molar-refractivity contribution in [3.63, 3.8) is 0 Å². The zero-order valence-electron chi connectivity index (χ0n) is 20.1. The van der Waals surface area contributed by atoms with Crippen molar-refractivity contribution in [3.05, 3.63) is 70.0 Å². The highest BCUT2D eigenvalue weighted by Crippen LogP contribution is 2.48. The van der Waals surface area contributed by atoms with Crippen molar-refractivity contribution in [2.75, 3.05) is 11.9 Å². The second-order valence-electron chi connectivity index (χ2n) is 9.25. The molecule has 2 aromatic carbocycles. The number of aromatic nitrogens is 3. The van der Waals surface area contributed by atoms with Gasteiger partial charge in [0.25, 0.3) is 12.0 Å². The third-order valence-electron chi connectivity index (χ3n) is 6.51. The molecule has 1 aliphatic rings. The molecule has 0 amide bonds. The van der Waals surface area contributed by atoms with Gasteiger partial charge in [-0.2, -0.15) is 13.9 Å². The molecule has 38 heavy (non-hydrogen) atoms. The van der Waals surface area contributed by atoms with Gasteiger partial charge in [-0.1, -0.05) is 6.07 Å². The highest BCUT2D eigenvalue weighted by molar-refractivity contribution is 7.19. The molecule has 0 spiro atoms. The number of benzene rings is 2. The molecule has 0 bridgehead atoms. The number of rotatable bonds is 8. The lowest BCUT2D eigenvalue weighted by molar-refractivity contribution is -0.0498. The zero-order chi connectivity index (χ0) is 26.6. The van der Waals surface area contributed by atoms with Crippen LogP contribution in [-0.4, -0.2) is 33.9 Å². The number of hydrogen-bond acceptors (Lipinski definition) is 5. The Bertz CT molecular complexity index is 1700. The summed E-state index contributed by atoms with van der Waals surface area (Å²) in [5.41, 5.74) is 2.52. The van der Waals surface area contributed by atoms with Crippen molar-refractivity contribution in [2.24, 2.45) is 7.05 Å². The second-order valence-corrected chi connectivity index (χ2v) is 10.3. The lowest BCUT2D eigenvalue weighted by atomic mass is 10.0. The van der Waals surface area contributed by atoms with E-state index < -0.39 is 25.1 Å². The van der Waals surface area contributed by atoms with Crippen molar-refractivity contribution in [2.45, 2.75) is 31.8 Å². The number of alkyl halides is 4. The number of fused-ring (bicyclic) bond motifs is 2. The molecule has 0 unspecified atom stereocenters. The average molecular weight is 543 g/mol. The summed E-state index contributed by atoms with van der Waals surface area (Å²) < 4.78 is 60.4. The Morgan fingerprint density at radius 1 is 1.11 bits per heavy atom. The molecule has 1 saturated carbocycles. The number of hydrogen-bond donors (Lipinski definition) is 1. The largest absolute Gasteiger partial charge is 0.435 e. The van der Waals surface area contributed by atoms with Gasteiger partial charge < -0.3 is 10.1 Å². The number of thiophene rings is 1. The zero-order valence-corrected chi connectivity index (χ0v) is 20.9. The Morgan fingerprint density at radius 2 is 1.87 bits per heavy atom. The SMILES string of the molecule is Cn1cc2cc(-c3c(NCC(F)F)c4sc(C5CC5)cc4n(-c4ccc(OC(F)F)cc4)c3=O)ccc2n1. The van der Waals surface area contributed by atoms with E-state index in [1.165, 1.54) is 40.2 Å². The molecule has 5 aromatic rings.